The molecule has 102 valence electrons. The number of amides is 2. The lowest BCUT2D eigenvalue weighted by atomic mass is 10.2. The zero-order valence-corrected chi connectivity index (χ0v) is 10.8. The number of anilines is 1. The average Bonchev–Trinajstić information content (AvgIpc) is 2.83. The first kappa shape index (κ1) is 13.3. The minimum absolute atomic E-state index is 0.0875. The second kappa shape index (κ2) is 6.12. The monoisotopic (exact) mass is 263 g/mol. The Morgan fingerprint density at radius 3 is 2.89 bits per heavy atom. The molecule has 0 spiro atoms. The molecule has 2 heterocycles. The van der Waals surface area contributed by atoms with E-state index in [1.807, 2.05) is 6.92 Å². The molecule has 0 radical (unpaired) electrons. The molecule has 0 aliphatic carbocycles. The van der Waals surface area contributed by atoms with E-state index in [0.29, 0.717) is 31.0 Å². The summed E-state index contributed by atoms with van der Waals surface area (Å²) in [7, 11) is 0. The highest BCUT2D eigenvalue weighted by atomic mass is 16.2. The van der Waals surface area contributed by atoms with Crippen LogP contribution in [-0.4, -0.2) is 41.1 Å². The van der Waals surface area contributed by atoms with Crippen LogP contribution in [0, 0.1) is 0 Å². The number of rotatable bonds is 5. The molecule has 1 aliphatic heterocycles. The van der Waals surface area contributed by atoms with E-state index in [0.717, 1.165) is 6.42 Å². The zero-order chi connectivity index (χ0) is 13.7. The highest BCUT2D eigenvalue weighted by Crippen LogP contribution is 2.08. The number of hydrogen-bond acceptors (Lipinski definition) is 5. The fourth-order valence-corrected chi connectivity index (χ4v) is 1.86. The van der Waals surface area contributed by atoms with Crippen molar-refractivity contribution in [3.05, 3.63) is 17.8 Å². The van der Waals surface area contributed by atoms with Crippen LogP contribution < -0.4 is 16.0 Å². The van der Waals surface area contributed by atoms with Crippen LogP contribution in [0.1, 0.15) is 30.3 Å². The van der Waals surface area contributed by atoms with Crippen molar-refractivity contribution in [3.63, 3.8) is 0 Å². The average molecular weight is 263 g/mol. The molecule has 1 aromatic heterocycles. The molecular weight excluding hydrogens is 246 g/mol. The number of aromatic nitrogens is 2. The summed E-state index contributed by atoms with van der Waals surface area (Å²) in [4.78, 5) is 22.5. The maximum absolute atomic E-state index is 11.5. The van der Waals surface area contributed by atoms with Crippen molar-refractivity contribution in [2.24, 2.45) is 0 Å². The van der Waals surface area contributed by atoms with Crippen molar-refractivity contribution in [3.8, 4) is 0 Å². The molecule has 1 saturated heterocycles. The standard InChI is InChI=1S/C12H17N5O2/c1-2-13-12(19)9-4-5-10(17-16-9)14-7-8-3-6-11(18)15-8/h4-5,8H,2-3,6-7H2,1H3,(H,13,19)(H,14,17)(H,15,18). The Morgan fingerprint density at radius 2 is 2.32 bits per heavy atom. The third-order valence-corrected chi connectivity index (χ3v) is 2.85. The Morgan fingerprint density at radius 1 is 1.47 bits per heavy atom. The normalized spacial score (nSPS) is 17.9. The van der Waals surface area contributed by atoms with Crippen LogP contribution in [0.15, 0.2) is 12.1 Å². The van der Waals surface area contributed by atoms with E-state index in [-0.39, 0.29) is 17.9 Å². The summed E-state index contributed by atoms with van der Waals surface area (Å²) in [6.45, 7) is 3.01. The van der Waals surface area contributed by atoms with Gasteiger partial charge in [0.2, 0.25) is 5.91 Å². The van der Waals surface area contributed by atoms with Gasteiger partial charge in [-0.25, -0.2) is 0 Å². The number of nitrogens with one attached hydrogen (secondary N) is 3. The van der Waals surface area contributed by atoms with Gasteiger partial charge in [0, 0.05) is 25.6 Å². The Hall–Kier alpha value is -2.18. The third-order valence-electron chi connectivity index (χ3n) is 2.85. The molecule has 2 rings (SSSR count). The van der Waals surface area contributed by atoms with Crippen molar-refractivity contribution < 1.29 is 9.59 Å². The molecule has 0 saturated carbocycles. The lowest BCUT2D eigenvalue weighted by molar-refractivity contribution is -0.119. The molecule has 0 bridgehead atoms. The summed E-state index contributed by atoms with van der Waals surface area (Å²) < 4.78 is 0. The highest BCUT2D eigenvalue weighted by Gasteiger charge is 2.20. The van der Waals surface area contributed by atoms with Crippen molar-refractivity contribution in [1.29, 1.82) is 0 Å². The minimum Gasteiger partial charge on any atom is -0.367 e. The van der Waals surface area contributed by atoms with Crippen molar-refractivity contribution in [1.82, 2.24) is 20.8 Å². The van der Waals surface area contributed by atoms with Crippen LogP contribution in [0.2, 0.25) is 0 Å². The topological polar surface area (TPSA) is 96.0 Å². The molecule has 2 amide bonds. The maximum atomic E-state index is 11.5. The highest BCUT2D eigenvalue weighted by molar-refractivity contribution is 5.92. The van der Waals surface area contributed by atoms with Crippen LogP contribution in [-0.2, 0) is 4.79 Å². The Bertz CT molecular complexity index is 460. The Balaban J connectivity index is 1.85. The first-order chi connectivity index (χ1) is 9.19. The SMILES string of the molecule is CCNC(=O)c1ccc(NCC2CCC(=O)N2)nn1. The van der Waals surface area contributed by atoms with Crippen LogP contribution in [0.5, 0.6) is 0 Å². The molecule has 3 N–H and O–H groups in total. The van der Waals surface area contributed by atoms with Crippen LogP contribution in [0.3, 0.4) is 0 Å². The molecular formula is C12H17N5O2. The summed E-state index contributed by atoms with van der Waals surface area (Å²) in [5, 5.41) is 16.4. The van der Waals surface area contributed by atoms with Gasteiger partial charge >= 0.3 is 0 Å². The predicted molar refractivity (Wildman–Crippen MR) is 69.7 cm³/mol. The molecule has 7 nitrogen and oxygen atoms in total. The lowest BCUT2D eigenvalue weighted by Gasteiger charge is -2.11. The molecule has 0 aromatic carbocycles. The van der Waals surface area contributed by atoms with Crippen molar-refractivity contribution >= 4 is 17.6 Å². The van der Waals surface area contributed by atoms with Crippen LogP contribution in [0.25, 0.3) is 0 Å². The Kier molecular flexibility index (Phi) is 4.27. The molecule has 7 heteroatoms. The molecule has 1 atom stereocenters. The third kappa shape index (κ3) is 3.64. The molecule has 1 aliphatic rings. The zero-order valence-electron chi connectivity index (χ0n) is 10.8. The van der Waals surface area contributed by atoms with Gasteiger partial charge in [-0.05, 0) is 25.5 Å². The van der Waals surface area contributed by atoms with Gasteiger partial charge in [0.05, 0.1) is 0 Å². The van der Waals surface area contributed by atoms with E-state index in [4.69, 9.17) is 0 Å². The predicted octanol–water partition coefficient (Wildman–Crippen LogP) is -0.0832. The van der Waals surface area contributed by atoms with Gasteiger partial charge in [0.15, 0.2) is 5.69 Å². The van der Waals surface area contributed by atoms with Gasteiger partial charge in [-0.2, -0.15) is 0 Å². The largest absolute Gasteiger partial charge is 0.367 e. The van der Waals surface area contributed by atoms with E-state index in [2.05, 4.69) is 26.1 Å². The number of nitrogens with zero attached hydrogens (tertiary/aromatic N) is 2. The quantitative estimate of drug-likeness (QED) is 0.690. The van der Waals surface area contributed by atoms with Crippen molar-refractivity contribution in [2.45, 2.75) is 25.8 Å². The van der Waals surface area contributed by atoms with Crippen molar-refractivity contribution in [2.75, 3.05) is 18.4 Å². The fraction of sp³-hybridized carbons (Fsp3) is 0.500. The summed E-state index contributed by atoms with van der Waals surface area (Å²) in [6, 6.07) is 3.46. The van der Waals surface area contributed by atoms with Crippen LogP contribution in [0.4, 0.5) is 5.82 Å². The van der Waals surface area contributed by atoms with E-state index in [9.17, 15) is 9.59 Å². The van der Waals surface area contributed by atoms with Gasteiger partial charge in [-0.3, -0.25) is 9.59 Å². The number of carbonyl (C=O) groups excluding carboxylic acids is 2. The maximum Gasteiger partial charge on any atom is 0.271 e. The smallest absolute Gasteiger partial charge is 0.271 e. The van der Waals surface area contributed by atoms with E-state index in [1.54, 1.807) is 12.1 Å². The van der Waals surface area contributed by atoms with Gasteiger partial charge in [0.1, 0.15) is 5.82 Å². The molecule has 19 heavy (non-hydrogen) atoms. The first-order valence-corrected chi connectivity index (χ1v) is 6.34. The van der Waals surface area contributed by atoms with E-state index >= 15 is 0 Å². The van der Waals surface area contributed by atoms with E-state index in [1.165, 1.54) is 0 Å². The number of hydrogen-bond donors (Lipinski definition) is 3. The minimum atomic E-state index is -0.232. The Labute approximate surface area is 111 Å². The van der Waals surface area contributed by atoms with E-state index < -0.39 is 0 Å². The summed E-state index contributed by atoms with van der Waals surface area (Å²) in [6.07, 6.45) is 1.41. The molecule has 1 aromatic rings. The molecule has 1 fully saturated rings. The summed E-state index contributed by atoms with van der Waals surface area (Å²) >= 11 is 0. The molecule has 1 unspecified atom stereocenters. The van der Waals surface area contributed by atoms with Gasteiger partial charge in [0.25, 0.3) is 5.91 Å². The van der Waals surface area contributed by atoms with Crippen LogP contribution >= 0.6 is 0 Å². The fourth-order valence-electron chi connectivity index (χ4n) is 1.86. The second-order valence-corrected chi connectivity index (χ2v) is 4.35. The van der Waals surface area contributed by atoms with Gasteiger partial charge in [-0.15, -0.1) is 10.2 Å². The summed E-state index contributed by atoms with van der Waals surface area (Å²) in [5.74, 6) is 0.447. The van der Waals surface area contributed by atoms with Gasteiger partial charge < -0.3 is 16.0 Å². The number of carbonyl (C=O) groups is 2. The second-order valence-electron chi connectivity index (χ2n) is 4.35. The lowest BCUT2D eigenvalue weighted by Crippen LogP contribution is -2.32. The van der Waals surface area contributed by atoms with Gasteiger partial charge in [-0.1, -0.05) is 0 Å². The summed E-state index contributed by atoms with van der Waals surface area (Å²) in [5.41, 5.74) is 0.293. The first-order valence-electron chi connectivity index (χ1n) is 6.34.